The zero-order chi connectivity index (χ0) is 12.7. The lowest BCUT2D eigenvalue weighted by Gasteiger charge is -2.18. The molecule has 0 bridgehead atoms. The van der Waals surface area contributed by atoms with Crippen LogP contribution in [0.3, 0.4) is 0 Å². The predicted octanol–water partition coefficient (Wildman–Crippen LogP) is 2.38. The molecule has 0 fully saturated rings. The third-order valence-corrected chi connectivity index (χ3v) is 2.51. The van der Waals surface area contributed by atoms with Gasteiger partial charge in [0, 0.05) is 5.56 Å². The summed E-state index contributed by atoms with van der Waals surface area (Å²) in [6.45, 7) is 2.97. The Balaban J connectivity index is 3.06. The van der Waals surface area contributed by atoms with Crippen LogP contribution in [0.2, 0.25) is 0 Å². The number of methoxy groups -OCH3 is 2. The Kier molecular flexibility index (Phi) is 5.38. The zero-order valence-electron chi connectivity index (χ0n) is 10.6. The van der Waals surface area contributed by atoms with E-state index in [1.165, 1.54) is 0 Å². The molecular formula is C14H19NO2. The molecule has 0 heterocycles. The van der Waals surface area contributed by atoms with Gasteiger partial charge in [-0.2, -0.15) is 0 Å². The van der Waals surface area contributed by atoms with Gasteiger partial charge in [-0.25, -0.2) is 0 Å². The number of terminal acetylenes is 1. The van der Waals surface area contributed by atoms with Crippen LogP contribution in [0.25, 0.3) is 0 Å². The van der Waals surface area contributed by atoms with Gasteiger partial charge in [0.1, 0.15) is 0 Å². The minimum absolute atomic E-state index is 0.153. The Morgan fingerprint density at radius 1 is 1.35 bits per heavy atom. The van der Waals surface area contributed by atoms with Crippen molar-refractivity contribution in [2.75, 3.05) is 20.8 Å². The van der Waals surface area contributed by atoms with Gasteiger partial charge in [0.25, 0.3) is 0 Å². The van der Waals surface area contributed by atoms with Gasteiger partial charge in [0.15, 0.2) is 11.5 Å². The van der Waals surface area contributed by atoms with Crippen molar-refractivity contribution in [3.05, 3.63) is 23.8 Å². The van der Waals surface area contributed by atoms with Crippen molar-refractivity contribution in [1.82, 2.24) is 5.32 Å². The summed E-state index contributed by atoms with van der Waals surface area (Å²) in [5.74, 6) is 4.13. The number of nitrogens with one attached hydrogen (secondary N) is 1. The molecule has 0 amide bonds. The largest absolute Gasteiger partial charge is 0.493 e. The summed E-state index contributed by atoms with van der Waals surface area (Å²) in [6, 6.07) is 5.57. The fraction of sp³-hybridized carbons (Fsp3) is 0.429. The van der Waals surface area contributed by atoms with Gasteiger partial charge in [-0.15, -0.1) is 6.42 Å². The number of para-hydroxylation sites is 1. The topological polar surface area (TPSA) is 30.5 Å². The van der Waals surface area contributed by atoms with Crippen molar-refractivity contribution >= 4 is 0 Å². The normalized spacial score (nSPS) is 11.6. The third-order valence-electron chi connectivity index (χ3n) is 2.51. The molecule has 3 nitrogen and oxygen atoms in total. The van der Waals surface area contributed by atoms with E-state index >= 15 is 0 Å². The van der Waals surface area contributed by atoms with Crippen molar-refractivity contribution in [3.63, 3.8) is 0 Å². The van der Waals surface area contributed by atoms with Crippen LogP contribution in [-0.2, 0) is 0 Å². The van der Waals surface area contributed by atoms with Crippen molar-refractivity contribution in [1.29, 1.82) is 0 Å². The van der Waals surface area contributed by atoms with Crippen LogP contribution < -0.4 is 14.8 Å². The molecule has 0 spiro atoms. The quantitative estimate of drug-likeness (QED) is 0.765. The molecule has 0 aliphatic heterocycles. The Morgan fingerprint density at radius 3 is 2.65 bits per heavy atom. The lowest BCUT2D eigenvalue weighted by atomic mass is 10.1. The van der Waals surface area contributed by atoms with E-state index in [0.29, 0.717) is 11.5 Å². The molecule has 0 radical (unpaired) electrons. The smallest absolute Gasteiger partial charge is 0.166 e. The molecule has 1 N–H and O–H groups in total. The Bertz CT molecular complexity index is 396. The third kappa shape index (κ3) is 3.15. The van der Waals surface area contributed by atoms with Gasteiger partial charge in [-0.05, 0) is 19.0 Å². The Labute approximate surface area is 103 Å². The van der Waals surface area contributed by atoms with Crippen LogP contribution in [-0.4, -0.2) is 20.8 Å². The molecule has 1 rings (SSSR count). The minimum atomic E-state index is -0.153. The molecule has 0 aliphatic rings. The number of hydrogen-bond acceptors (Lipinski definition) is 3. The molecule has 3 heteroatoms. The van der Waals surface area contributed by atoms with Crippen LogP contribution >= 0.6 is 0 Å². The van der Waals surface area contributed by atoms with E-state index in [9.17, 15) is 0 Å². The van der Waals surface area contributed by atoms with E-state index in [0.717, 1.165) is 18.5 Å². The second-order valence-corrected chi connectivity index (χ2v) is 3.64. The minimum Gasteiger partial charge on any atom is -0.493 e. The van der Waals surface area contributed by atoms with Crippen LogP contribution in [0, 0.1) is 12.3 Å². The number of ether oxygens (including phenoxy) is 2. The second-order valence-electron chi connectivity index (χ2n) is 3.64. The lowest BCUT2D eigenvalue weighted by Crippen LogP contribution is -2.21. The molecule has 1 aromatic rings. The first kappa shape index (κ1) is 13.4. The highest BCUT2D eigenvalue weighted by Gasteiger charge is 2.16. The number of rotatable bonds is 6. The first-order valence-corrected chi connectivity index (χ1v) is 5.68. The van der Waals surface area contributed by atoms with Crippen molar-refractivity contribution < 1.29 is 9.47 Å². The molecule has 1 unspecified atom stereocenters. The maximum Gasteiger partial charge on any atom is 0.166 e. The highest BCUT2D eigenvalue weighted by atomic mass is 16.5. The lowest BCUT2D eigenvalue weighted by molar-refractivity contribution is 0.349. The standard InChI is InChI=1S/C14H19NO2/c1-5-10-15-12(6-2)11-8-7-9-13(16-3)14(11)17-4/h2,7-9,12,15H,5,10H2,1,3-4H3. The van der Waals surface area contributed by atoms with Crippen LogP contribution in [0.5, 0.6) is 11.5 Å². The van der Waals surface area contributed by atoms with Gasteiger partial charge in [0.2, 0.25) is 0 Å². The highest BCUT2D eigenvalue weighted by Crippen LogP contribution is 2.34. The van der Waals surface area contributed by atoms with Gasteiger partial charge >= 0.3 is 0 Å². The summed E-state index contributed by atoms with van der Waals surface area (Å²) in [4.78, 5) is 0. The summed E-state index contributed by atoms with van der Waals surface area (Å²) in [5, 5.41) is 3.29. The van der Waals surface area contributed by atoms with E-state index < -0.39 is 0 Å². The second kappa shape index (κ2) is 6.82. The van der Waals surface area contributed by atoms with E-state index in [2.05, 4.69) is 18.2 Å². The van der Waals surface area contributed by atoms with Crippen LogP contribution in [0.1, 0.15) is 24.9 Å². The monoisotopic (exact) mass is 233 g/mol. The van der Waals surface area contributed by atoms with Gasteiger partial charge in [-0.3, -0.25) is 5.32 Å². The molecule has 0 aromatic heterocycles. The fourth-order valence-corrected chi connectivity index (χ4v) is 1.69. The summed E-state index contributed by atoms with van der Waals surface area (Å²) in [5.41, 5.74) is 0.933. The molecule has 0 saturated heterocycles. The van der Waals surface area contributed by atoms with Gasteiger partial charge in [0.05, 0.1) is 20.3 Å². The predicted molar refractivity (Wildman–Crippen MR) is 69.4 cm³/mol. The first-order chi connectivity index (χ1) is 8.28. The SMILES string of the molecule is C#CC(NCCC)c1cccc(OC)c1OC. The zero-order valence-corrected chi connectivity index (χ0v) is 10.6. The van der Waals surface area contributed by atoms with Crippen LogP contribution in [0.15, 0.2) is 18.2 Å². The first-order valence-electron chi connectivity index (χ1n) is 5.68. The van der Waals surface area contributed by atoms with E-state index in [1.54, 1.807) is 14.2 Å². The fourth-order valence-electron chi connectivity index (χ4n) is 1.69. The van der Waals surface area contributed by atoms with Crippen molar-refractivity contribution in [2.45, 2.75) is 19.4 Å². The van der Waals surface area contributed by atoms with E-state index in [4.69, 9.17) is 15.9 Å². The van der Waals surface area contributed by atoms with E-state index in [1.807, 2.05) is 18.2 Å². The average molecular weight is 233 g/mol. The average Bonchev–Trinajstić information content (AvgIpc) is 2.39. The maximum absolute atomic E-state index is 5.55. The molecular weight excluding hydrogens is 214 g/mol. The highest BCUT2D eigenvalue weighted by molar-refractivity contribution is 5.49. The summed E-state index contributed by atoms with van der Waals surface area (Å²) in [6.07, 6.45) is 6.58. The summed E-state index contributed by atoms with van der Waals surface area (Å²) in [7, 11) is 3.24. The van der Waals surface area contributed by atoms with Gasteiger partial charge in [-0.1, -0.05) is 25.0 Å². The molecule has 1 atom stereocenters. The Morgan fingerprint density at radius 2 is 2.12 bits per heavy atom. The summed E-state index contributed by atoms with van der Waals surface area (Å²) < 4.78 is 10.6. The number of benzene rings is 1. The summed E-state index contributed by atoms with van der Waals surface area (Å²) >= 11 is 0. The van der Waals surface area contributed by atoms with Crippen LogP contribution in [0.4, 0.5) is 0 Å². The Hall–Kier alpha value is -1.66. The number of hydrogen-bond donors (Lipinski definition) is 1. The van der Waals surface area contributed by atoms with E-state index in [-0.39, 0.29) is 6.04 Å². The maximum atomic E-state index is 5.55. The molecule has 92 valence electrons. The molecule has 0 aliphatic carbocycles. The van der Waals surface area contributed by atoms with Gasteiger partial charge < -0.3 is 9.47 Å². The molecule has 17 heavy (non-hydrogen) atoms. The molecule has 1 aromatic carbocycles. The molecule has 0 saturated carbocycles. The van der Waals surface area contributed by atoms with Crippen molar-refractivity contribution in [2.24, 2.45) is 0 Å². The van der Waals surface area contributed by atoms with Crippen molar-refractivity contribution in [3.8, 4) is 23.8 Å².